The lowest BCUT2D eigenvalue weighted by molar-refractivity contribution is 0.683. The van der Waals surface area contributed by atoms with Crippen molar-refractivity contribution in [3.63, 3.8) is 0 Å². The fourth-order valence-corrected chi connectivity index (χ4v) is 2.74. The second-order valence-corrected chi connectivity index (χ2v) is 5.27. The zero-order valence-corrected chi connectivity index (χ0v) is 13.0. The molecule has 1 N–H and O–H groups in total. The third-order valence-corrected chi connectivity index (χ3v) is 3.72. The highest BCUT2D eigenvalue weighted by Crippen LogP contribution is 2.25. The SMILES string of the molecule is CCCc1ccc(C(NC)c2cn(C)nc2CC)cc1. The molecule has 108 valence electrons. The smallest absolute Gasteiger partial charge is 0.0673 e. The van der Waals surface area contributed by atoms with Gasteiger partial charge in [-0.05, 0) is 31.0 Å². The molecule has 1 unspecified atom stereocenters. The van der Waals surface area contributed by atoms with Crippen LogP contribution in [0.25, 0.3) is 0 Å². The molecular weight excluding hydrogens is 246 g/mol. The number of nitrogens with zero attached hydrogens (tertiary/aromatic N) is 2. The van der Waals surface area contributed by atoms with E-state index in [1.54, 1.807) is 0 Å². The first-order valence-corrected chi connectivity index (χ1v) is 7.48. The largest absolute Gasteiger partial charge is 0.309 e. The summed E-state index contributed by atoms with van der Waals surface area (Å²) in [7, 11) is 4.00. The Kier molecular flexibility index (Phi) is 4.96. The molecule has 1 atom stereocenters. The fourth-order valence-electron chi connectivity index (χ4n) is 2.74. The molecule has 0 aliphatic rings. The number of aromatic nitrogens is 2. The lowest BCUT2D eigenvalue weighted by Crippen LogP contribution is -2.18. The van der Waals surface area contributed by atoms with E-state index in [1.165, 1.54) is 28.8 Å². The van der Waals surface area contributed by atoms with Crippen molar-refractivity contribution < 1.29 is 0 Å². The Morgan fingerprint density at radius 1 is 1.20 bits per heavy atom. The number of hydrogen-bond donors (Lipinski definition) is 1. The van der Waals surface area contributed by atoms with Crippen molar-refractivity contribution in [1.29, 1.82) is 0 Å². The summed E-state index contributed by atoms with van der Waals surface area (Å²) in [6.45, 7) is 4.37. The van der Waals surface area contributed by atoms with Crippen molar-refractivity contribution >= 4 is 0 Å². The van der Waals surface area contributed by atoms with Crippen LogP contribution in [0.2, 0.25) is 0 Å². The minimum atomic E-state index is 0.217. The van der Waals surface area contributed by atoms with E-state index in [0.29, 0.717) is 0 Å². The van der Waals surface area contributed by atoms with Gasteiger partial charge >= 0.3 is 0 Å². The van der Waals surface area contributed by atoms with Crippen LogP contribution in [0.15, 0.2) is 30.5 Å². The summed E-state index contributed by atoms with van der Waals surface area (Å²) in [5, 5.41) is 7.97. The molecule has 0 amide bonds. The number of nitrogens with one attached hydrogen (secondary N) is 1. The fraction of sp³-hybridized carbons (Fsp3) is 0.471. The molecule has 1 aromatic carbocycles. The molecule has 1 aromatic heterocycles. The van der Waals surface area contributed by atoms with Gasteiger partial charge in [0, 0.05) is 18.8 Å². The van der Waals surface area contributed by atoms with E-state index in [1.807, 2.05) is 18.8 Å². The van der Waals surface area contributed by atoms with Gasteiger partial charge in [-0.25, -0.2) is 0 Å². The first-order chi connectivity index (χ1) is 9.69. The highest BCUT2D eigenvalue weighted by molar-refractivity contribution is 5.35. The summed E-state index contributed by atoms with van der Waals surface area (Å²) in [5.41, 5.74) is 5.16. The van der Waals surface area contributed by atoms with Crippen LogP contribution in [0, 0.1) is 0 Å². The topological polar surface area (TPSA) is 29.9 Å². The van der Waals surface area contributed by atoms with Gasteiger partial charge in [0.15, 0.2) is 0 Å². The monoisotopic (exact) mass is 271 g/mol. The highest BCUT2D eigenvalue weighted by Gasteiger charge is 2.17. The van der Waals surface area contributed by atoms with E-state index in [-0.39, 0.29) is 6.04 Å². The molecule has 0 spiro atoms. The van der Waals surface area contributed by atoms with Gasteiger partial charge in [-0.2, -0.15) is 5.10 Å². The molecule has 2 rings (SSSR count). The molecule has 20 heavy (non-hydrogen) atoms. The van der Waals surface area contributed by atoms with Crippen molar-refractivity contribution in [2.24, 2.45) is 7.05 Å². The van der Waals surface area contributed by atoms with Gasteiger partial charge in [-0.3, -0.25) is 4.68 Å². The maximum Gasteiger partial charge on any atom is 0.0673 e. The summed E-state index contributed by atoms with van der Waals surface area (Å²) >= 11 is 0. The van der Waals surface area contributed by atoms with E-state index in [4.69, 9.17) is 0 Å². The van der Waals surface area contributed by atoms with Crippen LogP contribution >= 0.6 is 0 Å². The van der Waals surface area contributed by atoms with E-state index in [2.05, 4.69) is 54.7 Å². The maximum absolute atomic E-state index is 4.55. The van der Waals surface area contributed by atoms with E-state index in [0.717, 1.165) is 12.8 Å². The zero-order chi connectivity index (χ0) is 14.5. The molecule has 0 saturated carbocycles. The number of hydrogen-bond acceptors (Lipinski definition) is 2. The molecule has 3 heteroatoms. The second kappa shape index (κ2) is 6.71. The molecule has 1 heterocycles. The van der Waals surface area contributed by atoms with Gasteiger partial charge in [-0.15, -0.1) is 0 Å². The molecular formula is C17H25N3. The quantitative estimate of drug-likeness (QED) is 0.874. The first-order valence-electron chi connectivity index (χ1n) is 7.48. The third kappa shape index (κ3) is 3.10. The summed E-state index contributed by atoms with van der Waals surface area (Å²) in [4.78, 5) is 0. The van der Waals surface area contributed by atoms with Gasteiger partial charge in [-0.1, -0.05) is 44.5 Å². The van der Waals surface area contributed by atoms with Gasteiger partial charge < -0.3 is 5.32 Å². The Morgan fingerprint density at radius 3 is 2.45 bits per heavy atom. The summed E-state index contributed by atoms with van der Waals surface area (Å²) in [6, 6.07) is 9.17. The number of rotatable bonds is 6. The van der Waals surface area contributed by atoms with E-state index in [9.17, 15) is 0 Å². The van der Waals surface area contributed by atoms with Crippen molar-refractivity contribution in [2.75, 3.05) is 7.05 Å². The van der Waals surface area contributed by atoms with E-state index >= 15 is 0 Å². The molecule has 0 bridgehead atoms. The molecule has 2 aromatic rings. The maximum atomic E-state index is 4.55. The highest BCUT2D eigenvalue weighted by atomic mass is 15.3. The molecule has 0 aliphatic carbocycles. The van der Waals surface area contributed by atoms with Crippen LogP contribution in [-0.4, -0.2) is 16.8 Å². The second-order valence-electron chi connectivity index (χ2n) is 5.27. The molecule has 0 radical (unpaired) electrons. The third-order valence-electron chi connectivity index (χ3n) is 3.72. The van der Waals surface area contributed by atoms with Crippen LogP contribution in [0.1, 0.15) is 48.7 Å². The Labute approximate surface area is 122 Å². The lowest BCUT2D eigenvalue weighted by Gasteiger charge is -2.17. The molecule has 0 saturated heterocycles. The van der Waals surface area contributed by atoms with Crippen LogP contribution < -0.4 is 5.32 Å². The number of benzene rings is 1. The van der Waals surface area contributed by atoms with Crippen molar-refractivity contribution in [3.8, 4) is 0 Å². The Bertz CT molecular complexity index is 540. The van der Waals surface area contributed by atoms with Gasteiger partial charge in [0.25, 0.3) is 0 Å². The minimum absolute atomic E-state index is 0.217. The Hall–Kier alpha value is -1.61. The average Bonchev–Trinajstić information content (AvgIpc) is 2.83. The standard InChI is InChI=1S/C17H25N3/c1-5-7-13-8-10-14(11-9-13)17(18-3)15-12-20(4)19-16(15)6-2/h8-12,17-18H,5-7H2,1-4H3. The van der Waals surface area contributed by atoms with Gasteiger partial charge in [0.2, 0.25) is 0 Å². The van der Waals surface area contributed by atoms with Crippen LogP contribution in [0.5, 0.6) is 0 Å². The van der Waals surface area contributed by atoms with Gasteiger partial charge in [0.1, 0.15) is 0 Å². The molecule has 0 aliphatic heterocycles. The van der Waals surface area contributed by atoms with Crippen LogP contribution in [0.3, 0.4) is 0 Å². The van der Waals surface area contributed by atoms with Crippen LogP contribution in [-0.2, 0) is 19.9 Å². The molecule has 3 nitrogen and oxygen atoms in total. The lowest BCUT2D eigenvalue weighted by atomic mass is 9.97. The van der Waals surface area contributed by atoms with Crippen molar-refractivity contribution in [1.82, 2.24) is 15.1 Å². The predicted molar refractivity (Wildman–Crippen MR) is 83.9 cm³/mol. The summed E-state index contributed by atoms with van der Waals surface area (Å²) < 4.78 is 1.91. The predicted octanol–water partition coefficient (Wildman–Crippen LogP) is 3.24. The minimum Gasteiger partial charge on any atom is -0.309 e. The number of aryl methyl sites for hydroxylation is 3. The van der Waals surface area contributed by atoms with Crippen molar-refractivity contribution in [2.45, 2.75) is 39.2 Å². The first kappa shape index (κ1) is 14.8. The average molecular weight is 271 g/mol. The van der Waals surface area contributed by atoms with Crippen molar-refractivity contribution in [3.05, 3.63) is 52.8 Å². The molecule has 0 fully saturated rings. The summed E-state index contributed by atoms with van der Waals surface area (Å²) in [5.74, 6) is 0. The van der Waals surface area contributed by atoms with Gasteiger partial charge in [0.05, 0.1) is 11.7 Å². The van der Waals surface area contributed by atoms with E-state index < -0.39 is 0 Å². The summed E-state index contributed by atoms with van der Waals surface area (Å²) in [6.07, 6.45) is 5.43. The zero-order valence-electron chi connectivity index (χ0n) is 13.0. The normalized spacial score (nSPS) is 12.6. The Morgan fingerprint density at radius 2 is 1.90 bits per heavy atom. The van der Waals surface area contributed by atoms with Crippen LogP contribution in [0.4, 0.5) is 0 Å². The Balaban J connectivity index is 2.31.